The fourth-order valence-electron chi connectivity index (χ4n) is 4.08. The lowest BCUT2D eigenvalue weighted by Crippen LogP contribution is -2.34. The molecule has 1 fully saturated rings. The molecule has 0 bridgehead atoms. The number of fused-ring (bicyclic) bond motifs is 1. The van der Waals surface area contributed by atoms with Gasteiger partial charge in [0.1, 0.15) is 0 Å². The molecule has 1 aromatic heterocycles. The van der Waals surface area contributed by atoms with Gasteiger partial charge in [-0.25, -0.2) is 4.79 Å². The van der Waals surface area contributed by atoms with Crippen LogP contribution in [0.25, 0.3) is 11.0 Å². The molecule has 0 radical (unpaired) electrons. The molecule has 0 saturated heterocycles. The van der Waals surface area contributed by atoms with Gasteiger partial charge in [-0.2, -0.15) is 0 Å². The van der Waals surface area contributed by atoms with Gasteiger partial charge < -0.3 is 15.0 Å². The van der Waals surface area contributed by atoms with E-state index in [0.717, 1.165) is 44.2 Å². The van der Waals surface area contributed by atoms with Crippen LogP contribution < -0.4 is 5.69 Å². The number of carbonyl (C=O) groups is 1. The van der Waals surface area contributed by atoms with E-state index in [9.17, 15) is 14.7 Å². The van der Waals surface area contributed by atoms with Crippen molar-refractivity contribution < 1.29 is 9.90 Å². The van der Waals surface area contributed by atoms with Crippen molar-refractivity contribution in [1.82, 2.24) is 14.5 Å². The van der Waals surface area contributed by atoms with Crippen molar-refractivity contribution >= 4 is 16.9 Å². The molecule has 6 nitrogen and oxygen atoms in total. The standard InChI is InChI=1S/C20H25N3O3/c1-13-8-10-22(11-9-13)19(25)14-2-7-18-17(12-14)21-20(26)23(18)15-3-5-16(24)6-4-15/h2,7-8,12,15-16,24H,3-6,9-11H2,1H3,(H,21,26). The van der Waals surface area contributed by atoms with Crippen molar-refractivity contribution in [3.8, 4) is 0 Å². The number of rotatable bonds is 2. The Morgan fingerprint density at radius 2 is 2.00 bits per heavy atom. The number of aromatic nitrogens is 2. The van der Waals surface area contributed by atoms with E-state index in [1.165, 1.54) is 5.57 Å². The Balaban J connectivity index is 1.62. The molecule has 0 atom stereocenters. The van der Waals surface area contributed by atoms with Crippen LogP contribution >= 0.6 is 0 Å². The highest BCUT2D eigenvalue weighted by Gasteiger charge is 2.24. The van der Waals surface area contributed by atoms with E-state index >= 15 is 0 Å². The van der Waals surface area contributed by atoms with Crippen molar-refractivity contribution in [1.29, 1.82) is 0 Å². The maximum atomic E-state index is 12.7. The predicted octanol–water partition coefficient (Wildman–Crippen LogP) is 2.60. The van der Waals surface area contributed by atoms with Gasteiger partial charge in [0.05, 0.1) is 17.1 Å². The molecular weight excluding hydrogens is 330 g/mol. The van der Waals surface area contributed by atoms with Gasteiger partial charge in [0.15, 0.2) is 0 Å². The number of aliphatic hydroxyl groups is 1. The Kier molecular flexibility index (Phi) is 4.44. The molecule has 1 saturated carbocycles. The van der Waals surface area contributed by atoms with Crippen molar-refractivity contribution in [3.63, 3.8) is 0 Å². The van der Waals surface area contributed by atoms with Crippen molar-refractivity contribution in [2.75, 3.05) is 13.1 Å². The SMILES string of the molecule is CC1=CCN(C(=O)c2ccc3c(c2)[nH]c(=O)n3C2CCC(O)CC2)CC1. The van der Waals surface area contributed by atoms with Crippen LogP contribution in [0.15, 0.2) is 34.6 Å². The molecule has 26 heavy (non-hydrogen) atoms. The number of H-pyrrole nitrogens is 1. The van der Waals surface area contributed by atoms with Crippen LogP contribution in [-0.4, -0.2) is 44.7 Å². The van der Waals surface area contributed by atoms with Crippen LogP contribution in [0.3, 0.4) is 0 Å². The van der Waals surface area contributed by atoms with Crippen molar-refractivity contribution in [2.24, 2.45) is 0 Å². The molecule has 2 aliphatic rings. The van der Waals surface area contributed by atoms with E-state index in [2.05, 4.69) is 18.0 Å². The van der Waals surface area contributed by atoms with Crippen LogP contribution in [0.4, 0.5) is 0 Å². The van der Waals surface area contributed by atoms with Crippen molar-refractivity contribution in [3.05, 3.63) is 45.9 Å². The van der Waals surface area contributed by atoms with Gasteiger partial charge in [0.2, 0.25) is 0 Å². The lowest BCUT2D eigenvalue weighted by atomic mass is 9.93. The highest BCUT2D eigenvalue weighted by Crippen LogP contribution is 2.30. The zero-order valence-corrected chi connectivity index (χ0v) is 15.1. The van der Waals surface area contributed by atoms with Crippen LogP contribution in [-0.2, 0) is 0 Å². The average Bonchev–Trinajstić information content (AvgIpc) is 2.97. The second-order valence-electron chi connectivity index (χ2n) is 7.55. The summed E-state index contributed by atoms with van der Waals surface area (Å²) >= 11 is 0. The molecule has 1 aromatic carbocycles. The van der Waals surface area contributed by atoms with E-state index in [1.807, 2.05) is 17.0 Å². The third-order valence-electron chi connectivity index (χ3n) is 5.72. The second kappa shape index (κ2) is 6.76. The first-order valence-corrected chi connectivity index (χ1v) is 9.40. The molecule has 1 aliphatic carbocycles. The summed E-state index contributed by atoms with van der Waals surface area (Å²) in [5, 5.41) is 9.70. The Labute approximate surface area is 152 Å². The summed E-state index contributed by atoms with van der Waals surface area (Å²) in [7, 11) is 0. The number of hydrogen-bond acceptors (Lipinski definition) is 3. The minimum atomic E-state index is -0.251. The number of nitrogens with zero attached hydrogens (tertiary/aromatic N) is 2. The molecule has 138 valence electrons. The molecule has 1 amide bonds. The van der Waals surface area contributed by atoms with Gasteiger partial charge in [0.25, 0.3) is 5.91 Å². The quantitative estimate of drug-likeness (QED) is 0.813. The zero-order valence-electron chi connectivity index (χ0n) is 15.1. The number of aliphatic hydroxyl groups excluding tert-OH is 1. The van der Waals surface area contributed by atoms with Gasteiger partial charge >= 0.3 is 5.69 Å². The molecule has 0 spiro atoms. The summed E-state index contributed by atoms with van der Waals surface area (Å²) in [5.74, 6) is 0.00466. The van der Waals surface area contributed by atoms with Crippen LogP contribution in [0, 0.1) is 0 Å². The first-order valence-electron chi connectivity index (χ1n) is 9.40. The van der Waals surface area contributed by atoms with E-state index in [0.29, 0.717) is 17.6 Å². The summed E-state index contributed by atoms with van der Waals surface area (Å²) in [5.41, 5.74) is 3.34. The summed E-state index contributed by atoms with van der Waals surface area (Å²) in [6.07, 6.45) is 5.80. The number of nitrogens with one attached hydrogen (secondary N) is 1. The normalized spacial score (nSPS) is 23.9. The number of hydrogen-bond donors (Lipinski definition) is 2. The highest BCUT2D eigenvalue weighted by atomic mass is 16.3. The van der Waals surface area contributed by atoms with E-state index < -0.39 is 0 Å². The van der Waals surface area contributed by atoms with Gasteiger partial charge in [-0.3, -0.25) is 9.36 Å². The van der Waals surface area contributed by atoms with Crippen LogP contribution in [0.5, 0.6) is 0 Å². The number of benzene rings is 1. The second-order valence-corrected chi connectivity index (χ2v) is 7.55. The molecule has 2 heterocycles. The largest absolute Gasteiger partial charge is 0.393 e. The van der Waals surface area contributed by atoms with Gasteiger partial charge in [-0.1, -0.05) is 11.6 Å². The van der Waals surface area contributed by atoms with Crippen LogP contribution in [0.1, 0.15) is 55.4 Å². The lowest BCUT2D eigenvalue weighted by molar-refractivity contribution is 0.0769. The molecular formula is C20H25N3O3. The zero-order chi connectivity index (χ0) is 18.3. The predicted molar refractivity (Wildman–Crippen MR) is 100 cm³/mol. The Morgan fingerprint density at radius 3 is 2.69 bits per heavy atom. The minimum absolute atomic E-state index is 0.00466. The smallest absolute Gasteiger partial charge is 0.326 e. The molecule has 4 rings (SSSR count). The molecule has 2 aromatic rings. The monoisotopic (exact) mass is 355 g/mol. The van der Waals surface area contributed by atoms with E-state index in [1.54, 1.807) is 10.6 Å². The molecule has 2 N–H and O–H groups in total. The number of carbonyl (C=O) groups excluding carboxylic acids is 1. The average molecular weight is 355 g/mol. The Bertz CT molecular complexity index is 916. The van der Waals surface area contributed by atoms with Crippen molar-refractivity contribution in [2.45, 2.75) is 51.2 Å². The highest BCUT2D eigenvalue weighted by molar-refractivity contribution is 5.97. The molecule has 6 heteroatoms. The minimum Gasteiger partial charge on any atom is -0.393 e. The molecule has 1 aliphatic heterocycles. The first-order chi connectivity index (χ1) is 12.5. The fraction of sp³-hybridized carbons (Fsp3) is 0.500. The van der Waals surface area contributed by atoms with Gasteiger partial charge in [-0.15, -0.1) is 0 Å². The van der Waals surface area contributed by atoms with Crippen LogP contribution in [0.2, 0.25) is 0 Å². The van der Waals surface area contributed by atoms with Gasteiger partial charge in [-0.05, 0) is 57.2 Å². The third-order valence-corrected chi connectivity index (χ3v) is 5.72. The summed E-state index contributed by atoms with van der Waals surface area (Å²) in [6, 6.07) is 5.59. The first kappa shape index (κ1) is 17.1. The number of imidazole rings is 1. The topological polar surface area (TPSA) is 78.3 Å². The Morgan fingerprint density at radius 1 is 1.23 bits per heavy atom. The lowest BCUT2D eigenvalue weighted by Gasteiger charge is -2.26. The summed E-state index contributed by atoms with van der Waals surface area (Å²) < 4.78 is 1.79. The van der Waals surface area contributed by atoms with E-state index in [-0.39, 0.29) is 23.7 Å². The number of amides is 1. The number of aromatic amines is 1. The third kappa shape index (κ3) is 3.09. The Hall–Kier alpha value is -2.34. The maximum absolute atomic E-state index is 12.7. The molecule has 0 unspecified atom stereocenters. The van der Waals surface area contributed by atoms with Gasteiger partial charge in [0, 0.05) is 24.7 Å². The fourth-order valence-corrected chi connectivity index (χ4v) is 4.08. The maximum Gasteiger partial charge on any atom is 0.326 e. The van der Waals surface area contributed by atoms with E-state index in [4.69, 9.17) is 0 Å². The summed E-state index contributed by atoms with van der Waals surface area (Å²) in [4.78, 5) is 30.0. The summed E-state index contributed by atoms with van der Waals surface area (Å²) in [6.45, 7) is 3.47.